The maximum absolute atomic E-state index is 5.24. The molecular weight excluding hydrogens is 677 g/mol. The Hall–Kier alpha value is -6.53. The van der Waals surface area contributed by atoms with Crippen molar-refractivity contribution < 1.29 is 0 Å². The van der Waals surface area contributed by atoms with Crippen LogP contribution in [0, 0.1) is 0 Å². The summed E-state index contributed by atoms with van der Waals surface area (Å²) in [6.07, 6.45) is -0.385. The molecule has 1 aliphatic heterocycles. The van der Waals surface area contributed by atoms with Crippen LogP contribution in [0.15, 0.2) is 199 Å². The molecule has 258 valence electrons. The molecule has 1 aliphatic rings. The van der Waals surface area contributed by atoms with Crippen molar-refractivity contribution >= 4 is 65.2 Å². The summed E-state index contributed by atoms with van der Waals surface area (Å²) < 4.78 is 2.50. The predicted molar refractivity (Wildman–Crippen MR) is 228 cm³/mol. The molecule has 1 aromatic heterocycles. The average molecular weight is 713 g/mol. The van der Waals surface area contributed by atoms with Crippen LogP contribution in [0.2, 0.25) is 0 Å². The third kappa shape index (κ3) is 5.90. The number of hydrogen-bond acceptors (Lipinski definition) is 5. The van der Waals surface area contributed by atoms with Gasteiger partial charge in [-0.05, 0) is 69.9 Å². The third-order valence-electron chi connectivity index (χ3n) is 10.3. The summed E-state index contributed by atoms with van der Waals surface area (Å²) in [6.45, 7) is 0. The zero-order valence-corrected chi connectivity index (χ0v) is 30.2. The van der Waals surface area contributed by atoms with Gasteiger partial charge in [0.05, 0.1) is 5.69 Å². The van der Waals surface area contributed by atoms with E-state index in [1.165, 1.54) is 47.6 Å². The highest BCUT2D eigenvalue weighted by Crippen LogP contribution is 2.45. The summed E-state index contributed by atoms with van der Waals surface area (Å²) in [7, 11) is 0. The zero-order chi connectivity index (χ0) is 35.8. The monoisotopic (exact) mass is 712 g/mol. The standard InChI is InChI=1S/C49H36N4S/c1-4-16-34(17-5-1)40-23-12-13-25-43(40)53(38-21-8-3-9-22-38)39-29-30-41-45(32-39)54-44-26-14-24-42(46(41)44)49-51-47(35-18-6-2-7-19-35)50-48(52-49)37-28-27-33-15-10-11-20-36(33)31-37/h1-32,47,49,51H,(H,50,52). The molecule has 5 heteroatoms. The van der Waals surface area contributed by atoms with Crippen LogP contribution in [0.3, 0.4) is 0 Å². The van der Waals surface area contributed by atoms with Crippen LogP contribution in [-0.2, 0) is 0 Å². The molecule has 0 spiro atoms. The van der Waals surface area contributed by atoms with Crippen molar-refractivity contribution in [3.8, 4) is 11.1 Å². The SMILES string of the molecule is c1ccc(-c2ccccc2N(c2ccccc2)c2ccc3c(c2)sc2cccc(C4NC(c5ccc6ccccc6c5)=NC(c5ccccc5)N4)c23)cc1. The molecule has 10 rings (SSSR count). The van der Waals surface area contributed by atoms with Crippen molar-refractivity contribution in [3.05, 3.63) is 211 Å². The highest BCUT2D eigenvalue weighted by molar-refractivity contribution is 7.25. The second-order valence-electron chi connectivity index (χ2n) is 13.7. The van der Waals surface area contributed by atoms with Gasteiger partial charge in [-0.3, -0.25) is 5.32 Å². The van der Waals surface area contributed by atoms with Gasteiger partial charge in [0, 0.05) is 42.7 Å². The quantitative estimate of drug-likeness (QED) is 0.173. The Balaban J connectivity index is 1.09. The molecule has 8 aromatic carbocycles. The Morgan fingerprint density at radius 2 is 1.24 bits per heavy atom. The van der Waals surface area contributed by atoms with E-state index in [-0.39, 0.29) is 12.3 Å². The molecule has 0 aliphatic carbocycles. The number of anilines is 3. The Morgan fingerprint density at radius 3 is 2.07 bits per heavy atom. The van der Waals surface area contributed by atoms with E-state index in [4.69, 9.17) is 4.99 Å². The molecule has 54 heavy (non-hydrogen) atoms. The fourth-order valence-electron chi connectivity index (χ4n) is 7.76. The van der Waals surface area contributed by atoms with Crippen molar-refractivity contribution in [2.24, 2.45) is 4.99 Å². The van der Waals surface area contributed by atoms with Gasteiger partial charge in [-0.15, -0.1) is 11.3 Å². The van der Waals surface area contributed by atoms with E-state index in [1.807, 2.05) is 11.3 Å². The second-order valence-corrected chi connectivity index (χ2v) is 14.7. The summed E-state index contributed by atoms with van der Waals surface area (Å²) in [4.78, 5) is 7.63. The van der Waals surface area contributed by atoms with Gasteiger partial charge in [0.15, 0.2) is 0 Å². The largest absolute Gasteiger partial charge is 0.350 e. The molecule has 0 bridgehead atoms. The third-order valence-corrected chi connectivity index (χ3v) is 11.4. The lowest BCUT2D eigenvalue weighted by atomic mass is 10.00. The van der Waals surface area contributed by atoms with Crippen LogP contribution >= 0.6 is 11.3 Å². The minimum atomic E-state index is -0.213. The normalized spacial score (nSPS) is 15.6. The van der Waals surface area contributed by atoms with Gasteiger partial charge in [0.2, 0.25) is 0 Å². The van der Waals surface area contributed by atoms with Crippen LogP contribution < -0.4 is 15.5 Å². The van der Waals surface area contributed by atoms with Crippen LogP contribution in [0.5, 0.6) is 0 Å². The lowest BCUT2D eigenvalue weighted by Gasteiger charge is -2.32. The van der Waals surface area contributed by atoms with E-state index >= 15 is 0 Å². The predicted octanol–water partition coefficient (Wildman–Crippen LogP) is 12.7. The van der Waals surface area contributed by atoms with Crippen LogP contribution in [-0.4, -0.2) is 5.84 Å². The van der Waals surface area contributed by atoms with E-state index in [1.54, 1.807) is 0 Å². The molecular formula is C49H36N4S. The number of nitrogens with one attached hydrogen (secondary N) is 2. The van der Waals surface area contributed by atoms with E-state index in [9.17, 15) is 0 Å². The first kappa shape index (κ1) is 32.1. The summed E-state index contributed by atoms with van der Waals surface area (Å²) in [5.41, 5.74) is 9.16. The van der Waals surface area contributed by atoms with Gasteiger partial charge in [-0.1, -0.05) is 152 Å². The van der Waals surface area contributed by atoms with Crippen molar-refractivity contribution in [2.45, 2.75) is 12.3 Å². The number of fused-ring (bicyclic) bond motifs is 4. The average Bonchev–Trinajstić information content (AvgIpc) is 3.63. The number of amidine groups is 1. The van der Waals surface area contributed by atoms with Gasteiger partial charge in [0.1, 0.15) is 18.2 Å². The van der Waals surface area contributed by atoms with E-state index in [2.05, 4.69) is 210 Å². The number of para-hydroxylation sites is 2. The van der Waals surface area contributed by atoms with Crippen molar-refractivity contribution in [1.29, 1.82) is 0 Å². The maximum atomic E-state index is 5.24. The lowest BCUT2D eigenvalue weighted by molar-refractivity contribution is 0.411. The molecule has 0 amide bonds. The summed E-state index contributed by atoms with van der Waals surface area (Å²) in [6, 6.07) is 69.3. The molecule has 0 radical (unpaired) electrons. The first-order valence-electron chi connectivity index (χ1n) is 18.4. The number of thiophene rings is 1. The topological polar surface area (TPSA) is 39.7 Å². The van der Waals surface area contributed by atoms with Gasteiger partial charge in [-0.25, -0.2) is 4.99 Å². The number of aliphatic imine (C=N–C) groups is 1. The first-order chi connectivity index (χ1) is 26.8. The number of hydrogen-bond donors (Lipinski definition) is 2. The van der Waals surface area contributed by atoms with Crippen molar-refractivity contribution in [2.75, 3.05) is 4.90 Å². The fraction of sp³-hybridized carbons (Fsp3) is 0.0408. The smallest absolute Gasteiger partial charge is 0.131 e. The lowest BCUT2D eigenvalue weighted by Crippen LogP contribution is -2.45. The number of benzene rings is 8. The fourth-order valence-corrected chi connectivity index (χ4v) is 8.94. The van der Waals surface area contributed by atoms with Crippen LogP contribution in [0.4, 0.5) is 17.1 Å². The second kappa shape index (κ2) is 13.8. The van der Waals surface area contributed by atoms with Crippen molar-refractivity contribution in [3.63, 3.8) is 0 Å². The minimum Gasteiger partial charge on any atom is -0.350 e. The molecule has 9 aromatic rings. The molecule has 2 heterocycles. The first-order valence-corrected chi connectivity index (χ1v) is 19.2. The zero-order valence-electron chi connectivity index (χ0n) is 29.4. The van der Waals surface area contributed by atoms with Crippen LogP contribution in [0.1, 0.15) is 29.0 Å². The Morgan fingerprint density at radius 1 is 0.519 bits per heavy atom. The van der Waals surface area contributed by atoms with E-state index < -0.39 is 0 Å². The molecule has 0 saturated carbocycles. The van der Waals surface area contributed by atoms with Crippen molar-refractivity contribution in [1.82, 2.24) is 10.6 Å². The van der Waals surface area contributed by atoms with Crippen LogP contribution in [0.25, 0.3) is 42.1 Å². The molecule has 2 atom stereocenters. The van der Waals surface area contributed by atoms with E-state index in [0.29, 0.717) is 0 Å². The van der Waals surface area contributed by atoms with Gasteiger partial charge in [0.25, 0.3) is 0 Å². The minimum absolute atomic E-state index is 0.172. The Bertz CT molecular complexity index is 2790. The molecule has 2 N–H and O–H groups in total. The highest BCUT2D eigenvalue weighted by Gasteiger charge is 2.28. The molecule has 0 fully saturated rings. The van der Waals surface area contributed by atoms with E-state index in [0.717, 1.165) is 34.0 Å². The molecule has 0 saturated heterocycles. The van der Waals surface area contributed by atoms with Gasteiger partial charge in [-0.2, -0.15) is 0 Å². The van der Waals surface area contributed by atoms with Gasteiger partial charge >= 0.3 is 0 Å². The Kier molecular flexibility index (Phi) is 8.21. The number of rotatable bonds is 7. The van der Waals surface area contributed by atoms with Gasteiger partial charge < -0.3 is 10.2 Å². The molecule has 4 nitrogen and oxygen atoms in total. The Labute approximate surface area is 318 Å². The summed E-state index contributed by atoms with van der Waals surface area (Å²) in [5, 5.41) is 12.6. The maximum Gasteiger partial charge on any atom is 0.131 e. The summed E-state index contributed by atoms with van der Waals surface area (Å²) in [5.74, 6) is 0.882. The highest BCUT2D eigenvalue weighted by atomic mass is 32.1. The summed E-state index contributed by atoms with van der Waals surface area (Å²) >= 11 is 1.85. The molecule has 2 unspecified atom stereocenters. The number of nitrogens with zero attached hydrogens (tertiary/aromatic N) is 2.